The molecule has 0 aromatic carbocycles. The van der Waals surface area contributed by atoms with E-state index in [0.717, 1.165) is 5.57 Å². The van der Waals surface area contributed by atoms with Crippen LogP contribution in [0.2, 0.25) is 0 Å². The van der Waals surface area contributed by atoms with E-state index >= 15 is 0 Å². The van der Waals surface area contributed by atoms with Gasteiger partial charge in [0.2, 0.25) is 5.91 Å². The zero-order valence-electron chi connectivity index (χ0n) is 12.3. The lowest BCUT2D eigenvalue weighted by atomic mass is 10.0. The normalized spacial score (nSPS) is 22.7. The number of hydrogen-bond donors (Lipinski definition) is 2. The monoisotopic (exact) mass is 356 g/mol. The molecular formula is C14H16N2O5S2. The molecule has 0 saturated carbocycles. The van der Waals surface area contributed by atoms with Crippen molar-refractivity contribution >= 4 is 41.7 Å². The van der Waals surface area contributed by atoms with E-state index in [1.165, 1.54) is 22.9 Å². The van der Waals surface area contributed by atoms with Crippen molar-refractivity contribution in [2.45, 2.75) is 11.4 Å². The van der Waals surface area contributed by atoms with E-state index in [1.807, 2.05) is 6.26 Å². The molecule has 0 radical (unpaired) electrons. The summed E-state index contributed by atoms with van der Waals surface area (Å²) in [6.07, 6.45) is 4.04. The van der Waals surface area contributed by atoms with Crippen molar-refractivity contribution in [2.24, 2.45) is 5.73 Å². The number of rotatable bonds is 4. The van der Waals surface area contributed by atoms with Crippen LogP contribution in [-0.2, 0) is 9.59 Å². The second-order valence-electron chi connectivity index (χ2n) is 4.76. The topological polar surface area (TPSA) is 114 Å². The fourth-order valence-corrected chi connectivity index (χ4v) is 4.23. The van der Waals surface area contributed by atoms with Gasteiger partial charge >= 0.3 is 5.97 Å². The Kier molecular flexibility index (Phi) is 5.91. The number of nitrogens with two attached hydrogens (primary N) is 1. The van der Waals surface area contributed by atoms with Crippen molar-refractivity contribution in [1.82, 2.24) is 4.90 Å². The molecule has 0 aliphatic carbocycles. The van der Waals surface area contributed by atoms with Gasteiger partial charge in [-0.25, -0.2) is 4.79 Å². The van der Waals surface area contributed by atoms with Crippen LogP contribution in [0.1, 0.15) is 10.6 Å². The van der Waals surface area contributed by atoms with Gasteiger partial charge in [0.25, 0.3) is 0 Å². The molecule has 1 fully saturated rings. The Morgan fingerprint density at radius 1 is 1.65 bits per heavy atom. The second kappa shape index (κ2) is 7.71. The summed E-state index contributed by atoms with van der Waals surface area (Å²) in [4.78, 5) is 33.8. The van der Waals surface area contributed by atoms with Crippen molar-refractivity contribution < 1.29 is 23.9 Å². The summed E-state index contributed by atoms with van der Waals surface area (Å²) in [5.41, 5.74) is 6.58. The molecule has 0 bridgehead atoms. The Hall–Kier alpha value is -1.71. The summed E-state index contributed by atoms with van der Waals surface area (Å²) in [6.45, 7) is 0. The van der Waals surface area contributed by atoms with Gasteiger partial charge in [0.1, 0.15) is 17.1 Å². The van der Waals surface area contributed by atoms with Crippen molar-refractivity contribution in [3.8, 4) is 0 Å². The number of fused-ring (bicyclic) bond motifs is 1. The summed E-state index contributed by atoms with van der Waals surface area (Å²) >= 11 is 3.09. The first kappa shape index (κ1) is 17.6. The predicted molar refractivity (Wildman–Crippen MR) is 88.2 cm³/mol. The lowest BCUT2D eigenvalue weighted by Crippen LogP contribution is -2.68. The average Bonchev–Trinajstić information content (AvgIpc) is 3.08. The molecular weight excluding hydrogens is 340 g/mol. The van der Waals surface area contributed by atoms with Gasteiger partial charge in [0, 0.05) is 11.5 Å². The highest BCUT2D eigenvalue weighted by atomic mass is 32.2. The largest absolute Gasteiger partial charge is 0.477 e. The van der Waals surface area contributed by atoms with Gasteiger partial charge in [-0.3, -0.25) is 14.5 Å². The van der Waals surface area contributed by atoms with Crippen molar-refractivity contribution in [3.05, 3.63) is 35.4 Å². The van der Waals surface area contributed by atoms with Crippen LogP contribution in [-0.4, -0.2) is 57.3 Å². The molecule has 124 valence electrons. The Balaban J connectivity index is 0.000000229. The van der Waals surface area contributed by atoms with Crippen LogP contribution < -0.4 is 5.73 Å². The predicted octanol–water partition coefficient (Wildman–Crippen LogP) is 1.02. The second-order valence-corrected chi connectivity index (χ2v) is 6.73. The standard InChI is InChI=1S/C9H12N2O3S2.C5H4O2/c1-15-2-4-3-16-8-5(10)7(12)11(8)6(4)9(13)14;6-4-5-2-1-3-7-5/h5,8H,2-3,10H2,1H3,(H,13,14);1-4H. The maximum Gasteiger partial charge on any atom is 0.352 e. The number of amides is 1. The van der Waals surface area contributed by atoms with Gasteiger partial charge in [0.05, 0.1) is 6.26 Å². The molecule has 0 spiro atoms. The Labute approximate surface area is 141 Å². The summed E-state index contributed by atoms with van der Waals surface area (Å²) in [7, 11) is 0. The number of carboxylic acids is 1. The third-order valence-corrected chi connectivity index (χ3v) is 5.27. The fraction of sp³-hybridized carbons (Fsp3) is 0.357. The van der Waals surface area contributed by atoms with E-state index in [1.54, 1.807) is 23.9 Å². The number of thioether (sulfide) groups is 2. The minimum atomic E-state index is -1.03. The first-order chi connectivity index (χ1) is 11.0. The highest BCUT2D eigenvalue weighted by molar-refractivity contribution is 8.00. The lowest BCUT2D eigenvalue weighted by molar-refractivity contribution is -0.147. The van der Waals surface area contributed by atoms with Gasteiger partial charge in [-0.1, -0.05) is 0 Å². The van der Waals surface area contributed by atoms with E-state index in [0.29, 0.717) is 23.6 Å². The fourth-order valence-electron chi connectivity index (χ4n) is 2.22. The van der Waals surface area contributed by atoms with Crippen LogP contribution in [0, 0.1) is 0 Å². The summed E-state index contributed by atoms with van der Waals surface area (Å²) in [5, 5.41) is 8.96. The zero-order chi connectivity index (χ0) is 17.0. The Morgan fingerprint density at radius 3 is 2.87 bits per heavy atom. The minimum absolute atomic E-state index is 0.143. The highest BCUT2D eigenvalue weighted by Gasteiger charge is 2.51. The SMILES string of the molecule is CSCC1=C(C(=O)O)N2C(=O)C(N)C2SC1.O=Cc1ccco1. The van der Waals surface area contributed by atoms with Crippen LogP contribution in [0.25, 0.3) is 0 Å². The number of furan rings is 1. The molecule has 2 atom stereocenters. The number of nitrogens with zero attached hydrogens (tertiary/aromatic N) is 1. The van der Waals surface area contributed by atoms with Gasteiger partial charge in [-0.15, -0.1) is 11.8 Å². The van der Waals surface area contributed by atoms with Crippen LogP contribution in [0.4, 0.5) is 0 Å². The quantitative estimate of drug-likeness (QED) is 0.607. The number of hydrogen-bond acceptors (Lipinski definition) is 7. The molecule has 3 N–H and O–H groups in total. The first-order valence-corrected chi connectivity index (χ1v) is 9.08. The third-order valence-electron chi connectivity index (χ3n) is 3.27. The van der Waals surface area contributed by atoms with Crippen LogP contribution in [0.5, 0.6) is 0 Å². The van der Waals surface area contributed by atoms with E-state index in [2.05, 4.69) is 4.42 Å². The van der Waals surface area contributed by atoms with E-state index < -0.39 is 12.0 Å². The smallest absolute Gasteiger partial charge is 0.352 e. The number of carbonyl (C=O) groups excluding carboxylic acids is 2. The molecule has 3 heterocycles. The van der Waals surface area contributed by atoms with Crippen molar-refractivity contribution in [2.75, 3.05) is 17.8 Å². The number of carbonyl (C=O) groups is 3. The molecule has 1 amide bonds. The van der Waals surface area contributed by atoms with Gasteiger partial charge in [-0.2, -0.15) is 11.8 Å². The summed E-state index contributed by atoms with van der Waals surface area (Å²) < 4.78 is 4.61. The maximum absolute atomic E-state index is 11.5. The van der Waals surface area contributed by atoms with E-state index in [9.17, 15) is 14.4 Å². The third kappa shape index (κ3) is 3.62. The Bertz CT molecular complexity index is 629. The van der Waals surface area contributed by atoms with E-state index in [-0.39, 0.29) is 17.0 Å². The van der Waals surface area contributed by atoms with Crippen LogP contribution >= 0.6 is 23.5 Å². The Morgan fingerprint density at radius 2 is 2.39 bits per heavy atom. The number of aldehydes is 1. The van der Waals surface area contributed by atoms with Crippen LogP contribution in [0.3, 0.4) is 0 Å². The zero-order valence-corrected chi connectivity index (χ0v) is 13.9. The van der Waals surface area contributed by atoms with Crippen LogP contribution in [0.15, 0.2) is 34.1 Å². The maximum atomic E-state index is 11.5. The average molecular weight is 356 g/mol. The van der Waals surface area contributed by atoms with Gasteiger partial charge in [0.15, 0.2) is 12.0 Å². The molecule has 1 saturated heterocycles. The van der Waals surface area contributed by atoms with Crippen molar-refractivity contribution in [3.63, 3.8) is 0 Å². The molecule has 1 aromatic heterocycles. The molecule has 7 nitrogen and oxygen atoms in total. The summed E-state index contributed by atoms with van der Waals surface area (Å²) in [5.74, 6) is 0.341. The molecule has 2 aliphatic heterocycles. The summed E-state index contributed by atoms with van der Waals surface area (Å²) in [6, 6.07) is 2.73. The molecule has 2 unspecified atom stereocenters. The molecule has 9 heteroatoms. The van der Waals surface area contributed by atoms with Crippen molar-refractivity contribution in [1.29, 1.82) is 0 Å². The molecule has 3 rings (SSSR count). The number of β-lactam (4-membered cyclic amide) rings is 1. The molecule has 23 heavy (non-hydrogen) atoms. The van der Waals surface area contributed by atoms with Gasteiger partial charge < -0.3 is 15.3 Å². The number of aliphatic carboxylic acids is 1. The number of carboxylic acid groups (broad SMARTS) is 1. The first-order valence-electron chi connectivity index (χ1n) is 6.64. The molecule has 2 aliphatic rings. The minimum Gasteiger partial charge on any atom is -0.477 e. The van der Waals surface area contributed by atoms with E-state index in [4.69, 9.17) is 10.8 Å². The molecule has 1 aromatic rings. The highest BCUT2D eigenvalue weighted by Crippen LogP contribution is 2.39. The lowest BCUT2D eigenvalue weighted by Gasteiger charge is -2.48. The van der Waals surface area contributed by atoms with Gasteiger partial charge in [-0.05, 0) is 24.0 Å².